The Bertz CT molecular complexity index is 1030. The molecule has 1 heterocycles. The van der Waals surface area contributed by atoms with Crippen LogP contribution in [-0.4, -0.2) is 63.4 Å². The summed E-state index contributed by atoms with van der Waals surface area (Å²) in [7, 11) is -1.95. The zero-order valence-electron chi connectivity index (χ0n) is 18.6. The number of piperazine rings is 1. The first-order chi connectivity index (χ1) is 15.5. The quantitative estimate of drug-likeness (QED) is 0.425. The van der Waals surface area contributed by atoms with Crippen LogP contribution in [0.5, 0.6) is 11.5 Å². The van der Waals surface area contributed by atoms with Crippen molar-refractivity contribution in [3.63, 3.8) is 0 Å². The van der Waals surface area contributed by atoms with Gasteiger partial charge in [-0.1, -0.05) is 37.6 Å². The second-order valence-corrected chi connectivity index (χ2v) is 9.43. The van der Waals surface area contributed by atoms with Crippen molar-refractivity contribution in [2.24, 2.45) is 0 Å². The minimum atomic E-state index is -3.54. The van der Waals surface area contributed by atoms with E-state index >= 15 is 0 Å². The molecule has 3 rings (SSSR count). The van der Waals surface area contributed by atoms with Gasteiger partial charge in [-0.15, -0.1) is 0 Å². The van der Waals surface area contributed by atoms with E-state index in [-0.39, 0.29) is 23.9 Å². The van der Waals surface area contributed by atoms with Crippen molar-refractivity contribution >= 4 is 22.0 Å². The Kier molecular flexibility index (Phi) is 8.30. The van der Waals surface area contributed by atoms with Gasteiger partial charge >= 0.3 is 0 Å². The maximum Gasteiger partial charge on any atom is 0.246 e. The lowest BCUT2D eigenvalue weighted by Crippen LogP contribution is -2.50. The second-order valence-electron chi connectivity index (χ2n) is 7.49. The van der Waals surface area contributed by atoms with Crippen LogP contribution in [0, 0.1) is 0 Å². The number of amides is 1. The molecule has 8 heteroatoms. The van der Waals surface area contributed by atoms with Crippen LogP contribution in [0.3, 0.4) is 0 Å². The molecule has 0 unspecified atom stereocenters. The molecule has 1 fully saturated rings. The zero-order chi connectivity index (χ0) is 23.0. The van der Waals surface area contributed by atoms with Crippen molar-refractivity contribution in [2.45, 2.75) is 24.7 Å². The predicted octanol–water partition coefficient (Wildman–Crippen LogP) is 3.42. The van der Waals surface area contributed by atoms with Crippen LogP contribution in [0.25, 0.3) is 6.08 Å². The molecule has 0 radical (unpaired) electrons. The number of sulfonamides is 1. The molecule has 7 nitrogen and oxygen atoms in total. The Morgan fingerprint density at radius 1 is 1.03 bits per heavy atom. The molecular formula is C24H30N2O5S. The zero-order valence-corrected chi connectivity index (χ0v) is 19.4. The fraction of sp³-hybridized carbons (Fsp3) is 0.375. The monoisotopic (exact) mass is 458 g/mol. The van der Waals surface area contributed by atoms with Gasteiger partial charge in [-0.25, -0.2) is 8.42 Å². The Morgan fingerprint density at radius 3 is 2.41 bits per heavy atom. The first-order valence-corrected chi connectivity index (χ1v) is 12.2. The largest absolute Gasteiger partial charge is 0.493 e. The summed E-state index contributed by atoms with van der Waals surface area (Å²) in [4.78, 5) is 14.5. The summed E-state index contributed by atoms with van der Waals surface area (Å²) in [6, 6.07) is 13.9. The van der Waals surface area contributed by atoms with Crippen LogP contribution in [0.4, 0.5) is 0 Å². The molecule has 0 saturated carbocycles. The summed E-state index contributed by atoms with van der Waals surface area (Å²) < 4.78 is 38.0. The predicted molar refractivity (Wildman–Crippen MR) is 124 cm³/mol. The van der Waals surface area contributed by atoms with E-state index in [2.05, 4.69) is 6.92 Å². The molecule has 1 saturated heterocycles. The number of benzene rings is 2. The van der Waals surface area contributed by atoms with E-state index in [4.69, 9.17) is 9.47 Å². The maximum atomic E-state index is 12.7. The lowest BCUT2D eigenvalue weighted by Gasteiger charge is -2.33. The average molecular weight is 459 g/mol. The first-order valence-electron chi connectivity index (χ1n) is 10.8. The normalized spacial score (nSPS) is 15.1. The first kappa shape index (κ1) is 23.8. The number of carbonyl (C=O) groups excluding carboxylic acids is 1. The molecule has 32 heavy (non-hydrogen) atoms. The van der Waals surface area contributed by atoms with Crippen molar-refractivity contribution in [3.05, 3.63) is 60.2 Å². The van der Waals surface area contributed by atoms with E-state index in [9.17, 15) is 13.2 Å². The molecular weight excluding hydrogens is 428 g/mol. The summed E-state index contributed by atoms with van der Waals surface area (Å²) in [5, 5.41) is 0. The molecule has 0 bridgehead atoms. The smallest absolute Gasteiger partial charge is 0.246 e. The van der Waals surface area contributed by atoms with Crippen molar-refractivity contribution in [3.8, 4) is 11.5 Å². The molecule has 1 aliphatic rings. The third kappa shape index (κ3) is 5.89. The Labute approximate surface area is 190 Å². The number of nitrogens with zero attached hydrogens (tertiary/aromatic N) is 2. The van der Waals surface area contributed by atoms with Gasteiger partial charge in [0.05, 0.1) is 18.6 Å². The fourth-order valence-corrected chi connectivity index (χ4v) is 4.84. The molecule has 0 aromatic heterocycles. The lowest BCUT2D eigenvalue weighted by atomic mass is 10.2. The molecule has 0 spiro atoms. The third-order valence-electron chi connectivity index (χ3n) is 5.29. The van der Waals surface area contributed by atoms with Gasteiger partial charge in [0.2, 0.25) is 15.9 Å². The lowest BCUT2D eigenvalue weighted by molar-refractivity contribution is -0.127. The van der Waals surface area contributed by atoms with Crippen molar-refractivity contribution in [1.29, 1.82) is 0 Å². The average Bonchev–Trinajstić information content (AvgIpc) is 2.83. The highest BCUT2D eigenvalue weighted by atomic mass is 32.2. The van der Waals surface area contributed by atoms with Crippen molar-refractivity contribution in [1.82, 2.24) is 9.21 Å². The summed E-state index contributed by atoms with van der Waals surface area (Å²) in [6.07, 6.45) is 5.26. The van der Waals surface area contributed by atoms with E-state index < -0.39 is 10.0 Å². The van der Waals surface area contributed by atoms with E-state index in [1.807, 2.05) is 18.2 Å². The highest BCUT2D eigenvalue weighted by molar-refractivity contribution is 7.89. The van der Waals surface area contributed by atoms with Gasteiger partial charge in [-0.3, -0.25) is 4.79 Å². The number of rotatable bonds is 9. The number of ether oxygens (including phenoxy) is 2. The van der Waals surface area contributed by atoms with E-state index in [1.54, 1.807) is 48.4 Å². The number of methoxy groups -OCH3 is 1. The summed E-state index contributed by atoms with van der Waals surface area (Å²) in [5.41, 5.74) is 0.823. The minimum absolute atomic E-state index is 0.149. The number of unbranched alkanes of at least 4 members (excludes halogenated alkanes) is 1. The molecule has 0 atom stereocenters. The van der Waals surface area contributed by atoms with Crippen LogP contribution >= 0.6 is 0 Å². The van der Waals surface area contributed by atoms with Gasteiger partial charge in [0.1, 0.15) is 0 Å². The molecule has 172 valence electrons. The van der Waals surface area contributed by atoms with E-state index in [1.165, 1.54) is 10.4 Å². The Morgan fingerprint density at radius 2 is 1.75 bits per heavy atom. The van der Waals surface area contributed by atoms with Crippen LogP contribution in [0.1, 0.15) is 25.3 Å². The molecule has 1 aliphatic heterocycles. The highest BCUT2D eigenvalue weighted by Crippen LogP contribution is 2.29. The minimum Gasteiger partial charge on any atom is -0.493 e. The second kappa shape index (κ2) is 11.2. The van der Waals surface area contributed by atoms with Gasteiger partial charge < -0.3 is 14.4 Å². The molecule has 2 aromatic carbocycles. The molecule has 0 N–H and O–H groups in total. The van der Waals surface area contributed by atoms with Gasteiger partial charge in [-0.05, 0) is 42.3 Å². The van der Waals surface area contributed by atoms with Gasteiger partial charge in [0, 0.05) is 32.3 Å². The summed E-state index contributed by atoms with van der Waals surface area (Å²) in [5.74, 6) is 1.15. The fourth-order valence-electron chi connectivity index (χ4n) is 3.40. The highest BCUT2D eigenvalue weighted by Gasteiger charge is 2.29. The molecule has 0 aliphatic carbocycles. The number of carbonyl (C=O) groups is 1. The Hall–Kier alpha value is -2.84. The van der Waals surface area contributed by atoms with E-state index in [0.29, 0.717) is 31.2 Å². The third-order valence-corrected chi connectivity index (χ3v) is 7.21. The van der Waals surface area contributed by atoms with Gasteiger partial charge in [0.25, 0.3) is 0 Å². The SMILES string of the molecule is CCCCOc1ccc(/C=C/C(=O)N2CCN(S(=O)(=O)c3ccccc3)CC2)cc1OC. The molecule has 2 aromatic rings. The standard InChI is InChI=1S/C24H30N2O5S/c1-3-4-18-31-22-12-10-20(19-23(22)30-2)11-13-24(27)25-14-16-26(17-15-25)32(28,29)21-8-6-5-7-9-21/h5-13,19H,3-4,14-18H2,1-2H3/b13-11+. The van der Waals surface area contributed by atoms with E-state index in [0.717, 1.165) is 18.4 Å². The van der Waals surface area contributed by atoms with Crippen LogP contribution < -0.4 is 9.47 Å². The topological polar surface area (TPSA) is 76.2 Å². The number of hydrogen-bond acceptors (Lipinski definition) is 5. The summed E-state index contributed by atoms with van der Waals surface area (Å²) in [6.45, 7) is 3.98. The number of hydrogen-bond donors (Lipinski definition) is 0. The van der Waals surface area contributed by atoms with Crippen LogP contribution in [-0.2, 0) is 14.8 Å². The molecule has 1 amide bonds. The Balaban J connectivity index is 1.58. The van der Waals surface area contributed by atoms with Crippen molar-refractivity contribution < 1.29 is 22.7 Å². The van der Waals surface area contributed by atoms with Crippen LogP contribution in [0.15, 0.2) is 59.5 Å². The van der Waals surface area contributed by atoms with Crippen LogP contribution in [0.2, 0.25) is 0 Å². The maximum absolute atomic E-state index is 12.7. The van der Waals surface area contributed by atoms with Gasteiger partial charge in [0.15, 0.2) is 11.5 Å². The summed E-state index contributed by atoms with van der Waals surface area (Å²) >= 11 is 0. The van der Waals surface area contributed by atoms with Crippen molar-refractivity contribution in [2.75, 3.05) is 39.9 Å². The van der Waals surface area contributed by atoms with Gasteiger partial charge in [-0.2, -0.15) is 4.31 Å².